The predicted molar refractivity (Wildman–Crippen MR) is 103 cm³/mol. The Bertz CT molecular complexity index is 718. The fraction of sp³-hybridized carbons (Fsp3) is 0.611. The molecule has 0 radical (unpaired) electrons. The van der Waals surface area contributed by atoms with Gasteiger partial charge in [0.2, 0.25) is 10.0 Å². The number of benzene rings is 1. The molecule has 2 rings (SSSR count). The standard InChI is InChI=1S/C18H29N3O5S/c1-25-12-11-19-9-10-20-18(22)14-7-8-16(26-2)17(13-14)27(23,24)21-15-5-3-4-6-15/h7-8,13,15,19,21H,3-6,9-12H2,1-2H3,(H,20,22). The third-order valence-electron chi connectivity index (χ3n) is 4.46. The van der Waals surface area contributed by atoms with Crippen molar-refractivity contribution >= 4 is 15.9 Å². The monoisotopic (exact) mass is 399 g/mol. The van der Waals surface area contributed by atoms with Crippen molar-refractivity contribution in [2.45, 2.75) is 36.6 Å². The molecule has 9 heteroatoms. The molecular weight excluding hydrogens is 370 g/mol. The van der Waals surface area contributed by atoms with Crippen molar-refractivity contribution in [2.24, 2.45) is 0 Å². The van der Waals surface area contributed by atoms with E-state index in [0.717, 1.165) is 25.7 Å². The topological polar surface area (TPSA) is 106 Å². The minimum absolute atomic E-state index is 0.0113. The second kappa shape index (κ2) is 10.6. The Kier molecular flexibility index (Phi) is 8.49. The number of nitrogens with one attached hydrogen (secondary N) is 3. The van der Waals surface area contributed by atoms with Gasteiger partial charge in [-0.15, -0.1) is 0 Å². The highest BCUT2D eigenvalue weighted by atomic mass is 32.2. The lowest BCUT2D eigenvalue weighted by molar-refractivity contribution is 0.0953. The number of carbonyl (C=O) groups excluding carboxylic acids is 1. The highest BCUT2D eigenvalue weighted by Gasteiger charge is 2.26. The third kappa shape index (κ3) is 6.46. The Labute approximate surface area is 161 Å². The van der Waals surface area contributed by atoms with E-state index < -0.39 is 10.0 Å². The molecule has 0 bridgehead atoms. The molecule has 0 heterocycles. The molecule has 1 amide bonds. The molecule has 27 heavy (non-hydrogen) atoms. The first-order valence-electron chi connectivity index (χ1n) is 9.16. The smallest absolute Gasteiger partial charge is 0.251 e. The maximum atomic E-state index is 12.8. The number of hydrogen-bond acceptors (Lipinski definition) is 6. The first-order valence-corrected chi connectivity index (χ1v) is 10.6. The molecule has 0 saturated heterocycles. The van der Waals surface area contributed by atoms with E-state index in [0.29, 0.717) is 26.2 Å². The van der Waals surface area contributed by atoms with E-state index in [4.69, 9.17) is 9.47 Å². The molecule has 3 N–H and O–H groups in total. The molecule has 1 aromatic carbocycles. The second-order valence-electron chi connectivity index (χ2n) is 6.47. The minimum Gasteiger partial charge on any atom is -0.495 e. The van der Waals surface area contributed by atoms with Gasteiger partial charge in [-0.25, -0.2) is 13.1 Å². The number of rotatable bonds is 11. The lowest BCUT2D eigenvalue weighted by Gasteiger charge is -2.16. The Balaban J connectivity index is 2.04. The molecule has 1 fully saturated rings. The molecule has 8 nitrogen and oxygen atoms in total. The van der Waals surface area contributed by atoms with Crippen LogP contribution in [-0.4, -0.2) is 60.8 Å². The van der Waals surface area contributed by atoms with Gasteiger partial charge in [-0.1, -0.05) is 12.8 Å². The van der Waals surface area contributed by atoms with Gasteiger partial charge in [0, 0.05) is 38.3 Å². The van der Waals surface area contributed by atoms with Crippen LogP contribution in [0.4, 0.5) is 0 Å². The lowest BCUT2D eigenvalue weighted by atomic mass is 10.2. The second-order valence-corrected chi connectivity index (χ2v) is 8.15. The number of carbonyl (C=O) groups is 1. The van der Waals surface area contributed by atoms with E-state index in [1.807, 2.05) is 0 Å². The van der Waals surface area contributed by atoms with E-state index in [-0.39, 0.29) is 28.2 Å². The van der Waals surface area contributed by atoms with Crippen LogP contribution in [0.3, 0.4) is 0 Å². The van der Waals surface area contributed by atoms with Crippen LogP contribution in [0, 0.1) is 0 Å². The van der Waals surface area contributed by atoms with Gasteiger partial charge in [-0.3, -0.25) is 4.79 Å². The zero-order valence-corrected chi connectivity index (χ0v) is 16.7. The van der Waals surface area contributed by atoms with Crippen LogP contribution in [0.2, 0.25) is 0 Å². The van der Waals surface area contributed by atoms with Gasteiger partial charge < -0.3 is 20.1 Å². The number of ether oxygens (including phenoxy) is 2. The largest absolute Gasteiger partial charge is 0.495 e. The molecule has 0 atom stereocenters. The summed E-state index contributed by atoms with van der Waals surface area (Å²) in [6, 6.07) is 4.37. The van der Waals surface area contributed by atoms with Crippen LogP contribution in [0.5, 0.6) is 5.75 Å². The fourth-order valence-electron chi connectivity index (χ4n) is 3.02. The Hall–Kier alpha value is -1.68. The summed E-state index contributed by atoms with van der Waals surface area (Å²) < 4.78 is 38.4. The molecule has 1 aliphatic rings. The van der Waals surface area contributed by atoms with Crippen molar-refractivity contribution in [2.75, 3.05) is 40.5 Å². The van der Waals surface area contributed by atoms with Crippen LogP contribution < -0.4 is 20.1 Å². The quantitative estimate of drug-likeness (QED) is 0.477. The van der Waals surface area contributed by atoms with Gasteiger partial charge in [0.05, 0.1) is 13.7 Å². The van der Waals surface area contributed by atoms with Crippen molar-refractivity contribution in [3.8, 4) is 5.75 Å². The maximum Gasteiger partial charge on any atom is 0.251 e. The average molecular weight is 400 g/mol. The van der Waals surface area contributed by atoms with Crippen molar-refractivity contribution in [3.63, 3.8) is 0 Å². The summed E-state index contributed by atoms with van der Waals surface area (Å²) in [5.41, 5.74) is 0.277. The molecule has 0 spiro atoms. The summed E-state index contributed by atoms with van der Waals surface area (Å²) in [4.78, 5) is 12.3. The van der Waals surface area contributed by atoms with Crippen molar-refractivity contribution in [1.29, 1.82) is 0 Å². The van der Waals surface area contributed by atoms with E-state index >= 15 is 0 Å². The van der Waals surface area contributed by atoms with Crippen LogP contribution in [0.1, 0.15) is 36.0 Å². The molecule has 1 saturated carbocycles. The SMILES string of the molecule is COCCNCCNC(=O)c1ccc(OC)c(S(=O)(=O)NC2CCCC2)c1. The van der Waals surface area contributed by atoms with E-state index in [2.05, 4.69) is 15.4 Å². The summed E-state index contributed by atoms with van der Waals surface area (Å²) in [7, 11) is -0.722. The van der Waals surface area contributed by atoms with Gasteiger partial charge in [-0.2, -0.15) is 0 Å². The van der Waals surface area contributed by atoms with Gasteiger partial charge in [0.1, 0.15) is 10.6 Å². The highest BCUT2D eigenvalue weighted by Crippen LogP contribution is 2.27. The number of amides is 1. The summed E-state index contributed by atoms with van der Waals surface area (Å²) in [6.07, 6.45) is 3.70. The molecule has 0 unspecified atom stereocenters. The lowest BCUT2D eigenvalue weighted by Crippen LogP contribution is -2.34. The highest BCUT2D eigenvalue weighted by molar-refractivity contribution is 7.89. The Morgan fingerprint density at radius 2 is 1.89 bits per heavy atom. The summed E-state index contributed by atoms with van der Waals surface area (Å²) in [6.45, 7) is 2.32. The van der Waals surface area contributed by atoms with Crippen LogP contribution >= 0.6 is 0 Å². The van der Waals surface area contributed by atoms with Gasteiger partial charge in [0.15, 0.2) is 0 Å². The number of methoxy groups -OCH3 is 2. The van der Waals surface area contributed by atoms with E-state index in [1.165, 1.54) is 19.2 Å². The summed E-state index contributed by atoms with van der Waals surface area (Å²) in [5.74, 6) is -0.109. The van der Waals surface area contributed by atoms with Crippen LogP contribution in [0.15, 0.2) is 23.1 Å². The van der Waals surface area contributed by atoms with E-state index in [1.54, 1.807) is 13.2 Å². The van der Waals surface area contributed by atoms with Crippen LogP contribution in [0.25, 0.3) is 0 Å². The fourth-order valence-corrected chi connectivity index (χ4v) is 4.52. The maximum absolute atomic E-state index is 12.8. The number of sulfonamides is 1. The molecule has 1 aliphatic carbocycles. The first-order chi connectivity index (χ1) is 13.0. The summed E-state index contributed by atoms with van der Waals surface area (Å²) >= 11 is 0. The first kappa shape index (κ1) is 21.6. The van der Waals surface area contributed by atoms with Gasteiger partial charge in [-0.05, 0) is 31.0 Å². The molecule has 152 valence electrons. The van der Waals surface area contributed by atoms with Gasteiger partial charge in [0.25, 0.3) is 5.91 Å². The van der Waals surface area contributed by atoms with Crippen LogP contribution in [-0.2, 0) is 14.8 Å². The Morgan fingerprint density at radius 3 is 2.56 bits per heavy atom. The van der Waals surface area contributed by atoms with E-state index in [9.17, 15) is 13.2 Å². The third-order valence-corrected chi connectivity index (χ3v) is 6.00. The summed E-state index contributed by atoms with van der Waals surface area (Å²) in [5, 5.41) is 5.89. The average Bonchev–Trinajstić information content (AvgIpc) is 3.16. The normalized spacial score (nSPS) is 15.0. The minimum atomic E-state index is -3.76. The molecule has 0 aromatic heterocycles. The molecule has 0 aliphatic heterocycles. The predicted octanol–water partition coefficient (Wildman–Crippen LogP) is 0.882. The van der Waals surface area contributed by atoms with Crippen molar-refractivity contribution in [1.82, 2.24) is 15.4 Å². The van der Waals surface area contributed by atoms with Crippen molar-refractivity contribution < 1.29 is 22.7 Å². The zero-order valence-electron chi connectivity index (χ0n) is 15.9. The number of hydrogen-bond donors (Lipinski definition) is 3. The molecule has 1 aromatic rings. The van der Waals surface area contributed by atoms with Gasteiger partial charge >= 0.3 is 0 Å². The van der Waals surface area contributed by atoms with Crippen molar-refractivity contribution in [3.05, 3.63) is 23.8 Å². The molecular formula is C18H29N3O5S. The Morgan fingerprint density at radius 1 is 1.15 bits per heavy atom. The zero-order chi connectivity index (χ0) is 19.7.